The van der Waals surface area contributed by atoms with Crippen molar-refractivity contribution in [3.63, 3.8) is 0 Å². The van der Waals surface area contributed by atoms with Crippen LogP contribution in [-0.2, 0) is 0 Å². The molecule has 0 aliphatic heterocycles. The number of carbonyl (C=O) groups excluding carboxylic acids is 1. The van der Waals surface area contributed by atoms with E-state index in [1.165, 1.54) is 6.07 Å². The fraction of sp³-hybridized carbons (Fsp3) is 0.400. The monoisotopic (exact) mass is 258 g/mol. The molecule has 0 bridgehead atoms. The zero-order chi connectivity index (χ0) is 12.8. The molecule has 0 saturated heterocycles. The molecule has 6 nitrogen and oxygen atoms in total. The molecule has 0 aliphatic carbocycles. The maximum atomic E-state index is 11.4. The molecule has 1 atom stereocenters. The number of carboxylic acid groups (broad SMARTS) is 1. The summed E-state index contributed by atoms with van der Waals surface area (Å²) in [5.41, 5.74) is 0.0567. The van der Waals surface area contributed by atoms with Crippen LogP contribution >= 0.6 is 11.3 Å². The van der Waals surface area contributed by atoms with Crippen molar-refractivity contribution in [2.75, 3.05) is 11.9 Å². The largest absolute Gasteiger partial charge is 0.478 e. The molecule has 0 aromatic carbocycles. The molecule has 0 spiro atoms. The quantitative estimate of drug-likeness (QED) is 0.640. The Hall–Kier alpha value is -1.60. The molecular weight excluding hydrogens is 244 g/mol. The van der Waals surface area contributed by atoms with E-state index in [1.807, 2.05) is 0 Å². The summed E-state index contributed by atoms with van der Waals surface area (Å²) in [6, 6.07) is 0.895. The van der Waals surface area contributed by atoms with E-state index in [0.717, 1.165) is 11.3 Å². The maximum absolute atomic E-state index is 11.4. The van der Waals surface area contributed by atoms with Gasteiger partial charge in [-0.25, -0.2) is 9.59 Å². The summed E-state index contributed by atoms with van der Waals surface area (Å²) in [5, 5.41) is 24.8. The summed E-state index contributed by atoms with van der Waals surface area (Å²) >= 11 is 1.13. The van der Waals surface area contributed by atoms with E-state index in [1.54, 1.807) is 12.3 Å². The van der Waals surface area contributed by atoms with Gasteiger partial charge in [0, 0.05) is 6.54 Å². The van der Waals surface area contributed by atoms with Gasteiger partial charge in [-0.3, -0.25) is 5.32 Å². The summed E-state index contributed by atoms with van der Waals surface area (Å²) in [4.78, 5) is 22.2. The van der Waals surface area contributed by atoms with E-state index in [4.69, 9.17) is 5.11 Å². The number of aliphatic hydroxyl groups is 1. The van der Waals surface area contributed by atoms with Crippen LogP contribution in [0, 0.1) is 0 Å². The van der Waals surface area contributed by atoms with Crippen molar-refractivity contribution in [2.45, 2.75) is 19.4 Å². The van der Waals surface area contributed by atoms with E-state index in [2.05, 4.69) is 10.6 Å². The second-order valence-corrected chi connectivity index (χ2v) is 4.28. The van der Waals surface area contributed by atoms with Crippen LogP contribution in [0.3, 0.4) is 0 Å². The molecule has 7 heteroatoms. The summed E-state index contributed by atoms with van der Waals surface area (Å²) in [6.45, 7) is 1.93. The van der Waals surface area contributed by atoms with Crippen LogP contribution in [-0.4, -0.2) is 34.9 Å². The minimum Gasteiger partial charge on any atom is -0.478 e. The van der Waals surface area contributed by atoms with Crippen LogP contribution in [0.2, 0.25) is 0 Å². The van der Waals surface area contributed by atoms with Gasteiger partial charge in [-0.15, -0.1) is 11.3 Å². The molecule has 0 saturated carbocycles. The van der Waals surface area contributed by atoms with Gasteiger partial charge in [-0.1, -0.05) is 6.92 Å². The smallest absolute Gasteiger partial charge is 0.338 e. The van der Waals surface area contributed by atoms with Crippen LogP contribution in [0.4, 0.5) is 9.80 Å². The predicted octanol–water partition coefficient (Wildman–Crippen LogP) is 1.34. The molecule has 0 fully saturated rings. The number of urea groups is 1. The molecular formula is C10H14N2O4S. The number of amides is 2. The Balaban J connectivity index is 2.51. The lowest BCUT2D eigenvalue weighted by atomic mass is 10.3. The first-order valence-electron chi connectivity index (χ1n) is 5.08. The average molecular weight is 258 g/mol. The van der Waals surface area contributed by atoms with Crippen molar-refractivity contribution < 1.29 is 19.8 Å². The molecule has 2 amide bonds. The lowest BCUT2D eigenvalue weighted by Gasteiger charge is -2.10. The van der Waals surface area contributed by atoms with Crippen molar-refractivity contribution in [3.8, 4) is 0 Å². The first-order chi connectivity index (χ1) is 8.04. The van der Waals surface area contributed by atoms with Crippen molar-refractivity contribution >= 4 is 28.3 Å². The highest BCUT2D eigenvalue weighted by Crippen LogP contribution is 2.22. The molecule has 4 N–H and O–H groups in total. The van der Waals surface area contributed by atoms with E-state index in [9.17, 15) is 14.7 Å². The highest BCUT2D eigenvalue weighted by atomic mass is 32.1. The van der Waals surface area contributed by atoms with Gasteiger partial charge < -0.3 is 15.5 Å². The molecule has 0 aliphatic rings. The Morgan fingerprint density at radius 1 is 1.53 bits per heavy atom. The normalized spacial score (nSPS) is 11.9. The molecule has 1 unspecified atom stereocenters. The van der Waals surface area contributed by atoms with Crippen molar-refractivity contribution in [3.05, 3.63) is 17.0 Å². The molecule has 1 rings (SSSR count). The van der Waals surface area contributed by atoms with Crippen LogP contribution in [0.1, 0.15) is 23.7 Å². The number of carboxylic acids is 1. The third kappa shape index (κ3) is 4.04. The first kappa shape index (κ1) is 13.5. The molecule has 17 heavy (non-hydrogen) atoms. The van der Waals surface area contributed by atoms with Gasteiger partial charge in [0.05, 0.1) is 11.7 Å². The highest BCUT2D eigenvalue weighted by molar-refractivity contribution is 7.14. The number of carbonyl (C=O) groups is 2. The second kappa shape index (κ2) is 6.21. The highest BCUT2D eigenvalue weighted by Gasteiger charge is 2.13. The Bertz CT molecular complexity index is 405. The Kier molecular flexibility index (Phi) is 4.92. The van der Waals surface area contributed by atoms with E-state index >= 15 is 0 Å². The van der Waals surface area contributed by atoms with Gasteiger partial charge in [0.1, 0.15) is 5.00 Å². The average Bonchev–Trinajstić information content (AvgIpc) is 2.74. The van der Waals surface area contributed by atoms with Gasteiger partial charge in [0.25, 0.3) is 0 Å². The standard InChI is InChI=1S/C10H14N2O4S/c1-2-6(13)5-11-10(16)12-8-7(9(14)15)3-4-17-8/h3-4,6,13H,2,5H2,1H3,(H,14,15)(H2,11,12,16). The van der Waals surface area contributed by atoms with Crippen molar-refractivity contribution in [1.82, 2.24) is 5.32 Å². The number of anilines is 1. The SMILES string of the molecule is CCC(O)CNC(=O)Nc1sccc1C(=O)O. The Labute approximate surface area is 102 Å². The van der Waals surface area contributed by atoms with Gasteiger partial charge >= 0.3 is 12.0 Å². The number of aliphatic hydroxyl groups excluding tert-OH is 1. The minimum absolute atomic E-state index is 0.0567. The maximum Gasteiger partial charge on any atom is 0.338 e. The summed E-state index contributed by atoms with van der Waals surface area (Å²) in [5.74, 6) is -1.09. The molecule has 1 aromatic heterocycles. The van der Waals surface area contributed by atoms with Gasteiger partial charge in [0.2, 0.25) is 0 Å². The fourth-order valence-corrected chi connectivity index (χ4v) is 1.85. The van der Waals surface area contributed by atoms with Crippen molar-refractivity contribution in [1.29, 1.82) is 0 Å². The van der Waals surface area contributed by atoms with Crippen molar-refractivity contribution in [2.24, 2.45) is 0 Å². The third-order valence-corrected chi connectivity index (χ3v) is 2.92. The molecule has 94 valence electrons. The fourth-order valence-electron chi connectivity index (χ4n) is 1.08. The zero-order valence-corrected chi connectivity index (χ0v) is 10.1. The molecule has 1 aromatic rings. The lowest BCUT2D eigenvalue weighted by Crippen LogP contribution is -2.35. The predicted molar refractivity (Wildman–Crippen MR) is 64.6 cm³/mol. The van der Waals surface area contributed by atoms with E-state index in [0.29, 0.717) is 6.42 Å². The Morgan fingerprint density at radius 2 is 2.24 bits per heavy atom. The van der Waals surface area contributed by atoms with Crippen LogP contribution < -0.4 is 10.6 Å². The minimum atomic E-state index is -1.09. The number of nitrogens with one attached hydrogen (secondary N) is 2. The number of thiophene rings is 1. The summed E-state index contributed by atoms with van der Waals surface area (Å²) in [7, 11) is 0. The third-order valence-electron chi connectivity index (χ3n) is 2.09. The first-order valence-corrected chi connectivity index (χ1v) is 5.96. The van der Waals surface area contributed by atoms with Crippen LogP contribution in [0.25, 0.3) is 0 Å². The van der Waals surface area contributed by atoms with E-state index < -0.39 is 18.1 Å². The summed E-state index contributed by atoms with van der Waals surface area (Å²) in [6.07, 6.45) is -0.0531. The topological polar surface area (TPSA) is 98.7 Å². The molecule has 0 radical (unpaired) electrons. The van der Waals surface area contributed by atoms with Gasteiger partial charge in [-0.2, -0.15) is 0 Å². The van der Waals surface area contributed by atoms with Crippen LogP contribution in [0.5, 0.6) is 0 Å². The van der Waals surface area contributed by atoms with Crippen LogP contribution in [0.15, 0.2) is 11.4 Å². The number of hydrogen-bond donors (Lipinski definition) is 4. The second-order valence-electron chi connectivity index (χ2n) is 3.37. The number of rotatable bonds is 5. The van der Waals surface area contributed by atoms with Gasteiger partial charge in [0.15, 0.2) is 0 Å². The summed E-state index contributed by atoms with van der Waals surface area (Å²) < 4.78 is 0. The number of hydrogen-bond acceptors (Lipinski definition) is 4. The van der Waals surface area contributed by atoms with Gasteiger partial charge in [-0.05, 0) is 17.9 Å². The molecule has 1 heterocycles. The van der Waals surface area contributed by atoms with E-state index in [-0.39, 0.29) is 17.1 Å². The lowest BCUT2D eigenvalue weighted by molar-refractivity contribution is 0.0698. The number of aromatic carboxylic acids is 1. The Morgan fingerprint density at radius 3 is 2.82 bits per heavy atom. The zero-order valence-electron chi connectivity index (χ0n) is 9.27.